The van der Waals surface area contributed by atoms with Crippen molar-refractivity contribution in [3.63, 3.8) is 0 Å². The number of rotatable bonds is 1. The summed E-state index contributed by atoms with van der Waals surface area (Å²) in [5.41, 5.74) is 0. The Hall–Kier alpha value is -1.51. The Morgan fingerprint density at radius 1 is 1.33 bits per heavy atom. The highest BCUT2D eigenvalue weighted by molar-refractivity contribution is 5.91. The number of carbonyl (C=O) groups excluding carboxylic acids is 1. The van der Waals surface area contributed by atoms with E-state index in [-0.39, 0.29) is 5.91 Å². The molecule has 0 spiro atoms. The van der Waals surface area contributed by atoms with Crippen molar-refractivity contribution < 1.29 is 9.53 Å². The molecule has 0 bridgehead atoms. The van der Waals surface area contributed by atoms with Crippen molar-refractivity contribution in [3.05, 3.63) is 36.3 Å². The smallest absolute Gasteiger partial charge is 0.289 e. The molecule has 0 unspecified atom stereocenters. The zero-order chi connectivity index (χ0) is 8.97. The fourth-order valence-electron chi connectivity index (χ4n) is 0.746. The molecule has 1 aliphatic rings. The van der Waals surface area contributed by atoms with E-state index in [1.807, 2.05) is 0 Å². The molecule has 0 aromatic rings. The second-order valence-corrected chi connectivity index (χ2v) is 2.56. The minimum absolute atomic E-state index is 0.133. The highest BCUT2D eigenvalue weighted by Gasteiger charge is 2.11. The van der Waals surface area contributed by atoms with Crippen molar-refractivity contribution in [3.8, 4) is 0 Å². The Morgan fingerprint density at radius 2 is 2.08 bits per heavy atom. The summed E-state index contributed by atoms with van der Waals surface area (Å²) in [6.45, 7) is 0. The van der Waals surface area contributed by atoms with E-state index in [1.165, 1.54) is 11.2 Å². The largest absolute Gasteiger partial charge is 0.459 e. The monoisotopic (exact) mass is 165 g/mol. The van der Waals surface area contributed by atoms with Gasteiger partial charge in [-0.2, -0.15) is 0 Å². The van der Waals surface area contributed by atoms with Crippen LogP contribution < -0.4 is 0 Å². The predicted molar refractivity (Wildman–Crippen MR) is 46.1 cm³/mol. The van der Waals surface area contributed by atoms with Gasteiger partial charge in [-0.15, -0.1) is 0 Å². The maximum atomic E-state index is 11.3. The van der Waals surface area contributed by atoms with E-state index in [2.05, 4.69) is 0 Å². The number of likely N-dealkylation sites (N-methyl/N-ethyl adjacent to an activating group) is 1. The summed E-state index contributed by atoms with van der Waals surface area (Å²) >= 11 is 0. The second-order valence-electron chi connectivity index (χ2n) is 2.56. The number of hydrogen-bond donors (Lipinski definition) is 0. The van der Waals surface area contributed by atoms with Crippen LogP contribution in [0.25, 0.3) is 0 Å². The van der Waals surface area contributed by atoms with Crippen molar-refractivity contribution in [1.29, 1.82) is 0 Å². The van der Waals surface area contributed by atoms with Crippen LogP contribution in [-0.2, 0) is 9.53 Å². The molecule has 0 aromatic heterocycles. The predicted octanol–water partition coefficient (Wildman–Crippen LogP) is 1.06. The van der Waals surface area contributed by atoms with Crippen LogP contribution in [0.3, 0.4) is 0 Å². The molecule has 0 aliphatic carbocycles. The maximum absolute atomic E-state index is 11.3. The van der Waals surface area contributed by atoms with Gasteiger partial charge in [0.15, 0.2) is 5.76 Å². The molecule has 0 radical (unpaired) electrons. The van der Waals surface area contributed by atoms with Crippen molar-refractivity contribution in [2.45, 2.75) is 0 Å². The molecule has 0 fully saturated rings. The van der Waals surface area contributed by atoms with Gasteiger partial charge in [-0.25, -0.2) is 0 Å². The van der Waals surface area contributed by atoms with Gasteiger partial charge < -0.3 is 9.64 Å². The number of ether oxygens (including phenoxy) is 1. The van der Waals surface area contributed by atoms with Crippen molar-refractivity contribution >= 4 is 5.91 Å². The first kappa shape index (κ1) is 8.59. The third-order valence-corrected chi connectivity index (χ3v) is 1.36. The van der Waals surface area contributed by atoms with Crippen LogP contribution in [0.15, 0.2) is 36.3 Å². The standard InChI is InChI=1S/C9H11NO2/c1-10(2)9(11)8-6-4-3-5-7-12-8/h3-7H,1-2H3. The number of allylic oxidation sites excluding steroid dienone is 4. The molecule has 0 N–H and O–H groups in total. The van der Waals surface area contributed by atoms with E-state index in [0.717, 1.165) is 0 Å². The topological polar surface area (TPSA) is 29.5 Å². The van der Waals surface area contributed by atoms with E-state index in [0.29, 0.717) is 5.76 Å². The summed E-state index contributed by atoms with van der Waals surface area (Å²) in [7, 11) is 3.37. The molecule has 12 heavy (non-hydrogen) atoms. The first-order valence-corrected chi connectivity index (χ1v) is 3.63. The Balaban J connectivity index is 2.75. The molecule has 1 heterocycles. The Bertz CT molecular complexity index is 262. The first-order valence-electron chi connectivity index (χ1n) is 3.63. The molecule has 0 saturated carbocycles. The maximum Gasteiger partial charge on any atom is 0.289 e. The molecule has 1 aliphatic heterocycles. The van der Waals surface area contributed by atoms with Crippen LogP contribution in [-0.4, -0.2) is 24.9 Å². The normalized spacial score (nSPS) is 14.7. The molecular formula is C9H11NO2. The molecule has 1 amide bonds. The Morgan fingerprint density at radius 3 is 2.75 bits per heavy atom. The van der Waals surface area contributed by atoms with E-state index in [1.54, 1.807) is 38.4 Å². The third kappa shape index (κ3) is 1.99. The second kappa shape index (κ2) is 3.76. The van der Waals surface area contributed by atoms with Crippen LogP contribution in [0.2, 0.25) is 0 Å². The number of nitrogens with zero attached hydrogens (tertiary/aromatic N) is 1. The van der Waals surface area contributed by atoms with Crippen LogP contribution in [0.5, 0.6) is 0 Å². The van der Waals surface area contributed by atoms with Gasteiger partial charge in [0.25, 0.3) is 5.91 Å². The summed E-state index contributed by atoms with van der Waals surface area (Å²) in [5.74, 6) is 0.205. The highest BCUT2D eigenvalue weighted by Crippen LogP contribution is 2.05. The molecule has 3 nitrogen and oxygen atoms in total. The third-order valence-electron chi connectivity index (χ3n) is 1.36. The van der Waals surface area contributed by atoms with Crippen LogP contribution in [0.4, 0.5) is 0 Å². The number of amides is 1. The van der Waals surface area contributed by atoms with E-state index < -0.39 is 0 Å². The molecular weight excluding hydrogens is 154 g/mol. The molecule has 64 valence electrons. The van der Waals surface area contributed by atoms with Crippen molar-refractivity contribution in [2.75, 3.05) is 14.1 Å². The van der Waals surface area contributed by atoms with Crippen LogP contribution in [0, 0.1) is 0 Å². The zero-order valence-electron chi connectivity index (χ0n) is 7.15. The zero-order valence-corrected chi connectivity index (χ0v) is 7.15. The summed E-state index contributed by atoms with van der Waals surface area (Å²) in [5, 5.41) is 0. The molecule has 0 aromatic carbocycles. The van der Waals surface area contributed by atoms with Gasteiger partial charge in [-0.3, -0.25) is 4.79 Å². The summed E-state index contributed by atoms with van der Waals surface area (Å²) in [6.07, 6.45) is 8.42. The van der Waals surface area contributed by atoms with Gasteiger partial charge >= 0.3 is 0 Å². The average Bonchev–Trinajstić information content (AvgIpc) is 2.30. The van der Waals surface area contributed by atoms with E-state index >= 15 is 0 Å². The lowest BCUT2D eigenvalue weighted by atomic mass is 10.4. The van der Waals surface area contributed by atoms with Gasteiger partial charge in [0.05, 0.1) is 6.26 Å². The molecule has 3 heteroatoms. The van der Waals surface area contributed by atoms with Gasteiger partial charge in [-0.1, -0.05) is 12.2 Å². The van der Waals surface area contributed by atoms with E-state index in [4.69, 9.17) is 4.74 Å². The summed E-state index contributed by atoms with van der Waals surface area (Å²) < 4.78 is 5.05. The highest BCUT2D eigenvalue weighted by atomic mass is 16.5. The Kier molecular flexibility index (Phi) is 2.69. The molecule has 0 atom stereocenters. The van der Waals surface area contributed by atoms with Gasteiger partial charge in [0.2, 0.25) is 0 Å². The minimum atomic E-state index is -0.133. The average molecular weight is 165 g/mol. The summed E-state index contributed by atoms with van der Waals surface area (Å²) in [4.78, 5) is 12.8. The lowest BCUT2D eigenvalue weighted by Gasteiger charge is -2.11. The SMILES string of the molecule is CN(C)C(=O)C1=CC=CC=CO1. The fraction of sp³-hybridized carbons (Fsp3) is 0.222. The lowest BCUT2D eigenvalue weighted by Crippen LogP contribution is -2.23. The van der Waals surface area contributed by atoms with Crippen LogP contribution >= 0.6 is 0 Å². The number of carbonyl (C=O) groups is 1. The minimum Gasteiger partial charge on any atom is -0.459 e. The van der Waals surface area contributed by atoms with Gasteiger partial charge in [-0.05, 0) is 12.2 Å². The molecule has 0 saturated heterocycles. The first-order chi connectivity index (χ1) is 5.72. The van der Waals surface area contributed by atoms with Crippen molar-refractivity contribution in [2.24, 2.45) is 0 Å². The quantitative estimate of drug-likeness (QED) is 0.581. The van der Waals surface area contributed by atoms with Crippen molar-refractivity contribution in [1.82, 2.24) is 4.90 Å². The molecule has 1 rings (SSSR count). The Labute approximate surface area is 71.6 Å². The van der Waals surface area contributed by atoms with Crippen LogP contribution in [0.1, 0.15) is 0 Å². The fourth-order valence-corrected chi connectivity index (χ4v) is 0.746. The van der Waals surface area contributed by atoms with Gasteiger partial charge in [0, 0.05) is 14.1 Å². The van der Waals surface area contributed by atoms with E-state index in [9.17, 15) is 4.79 Å². The summed E-state index contributed by atoms with van der Waals surface area (Å²) in [6, 6.07) is 0. The number of hydrogen-bond acceptors (Lipinski definition) is 2. The lowest BCUT2D eigenvalue weighted by molar-refractivity contribution is -0.127. The van der Waals surface area contributed by atoms with Gasteiger partial charge in [0.1, 0.15) is 0 Å².